The van der Waals surface area contributed by atoms with E-state index in [0.29, 0.717) is 0 Å². The number of hydrogen-bond acceptors (Lipinski definition) is 3. The average Bonchev–Trinajstić information content (AvgIpc) is 2.59. The van der Waals surface area contributed by atoms with Crippen LogP contribution in [0.5, 0.6) is 5.75 Å². The van der Waals surface area contributed by atoms with Crippen LogP contribution in [0.4, 0.5) is 0 Å². The number of rotatable bonds is 2. The molecule has 0 aliphatic carbocycles. The van der Waals surface area contributed by atoms with Gasteiger partial charge in [0.2, 0.25) is 0 Å². The van der Waals surface area contributed by atoms with Crippen LogP contribution in [0.15, 0.2) is 66.9 Å². The van der Waals surface area contributed by atoms with Crippen molar-refractivity contribution in [2.45, 2.75) is 0 Å². The highest BCUT2D eigenvalue weighted by Crippen LogP contribution is 2.25. The van der Waals surface area contributed by atoms with E-state index in [1.807, 2.05) is 48.7 Å². The molecule has 0 spiro atoms. The topological polar surface area (TPSA) is 35.0 Å². The van der Waals surface area contributed by atoms with Gasteiger partial charge in [-0.15, -0.1) is 0 Å². The van der Waals surface area contributed by atoms with E-state index in [-0.39, 0.29) is 0 Å². The third-order valence-electron chi connectivity index (χ3n) is 3.77. The Balaban J connectivity index is 1.91. The van der Waals surface area contributed by atoms with Crippen LogP contribution in [-0.4, -0.2) is 17.1 Å². The number of fused-ring (bicyclic) bond motifs is 2. The van der Waals surface area contributed by atoms with E-state index in [0.717, 1.165) is 38.8 Å². The highest BCUT2D eigenvalue weighted by atomic mass is 16.5. The Hall–Kier alpha value is -2.94. The Morgan fingerprint density at radius 2 is 1.68 bits per heavy atom. The molecule has 22 heavy (non-hydrogen) atoms. The molecule has 2 aromatic carbocycles. The molecule has 3 nitrogen and oxygen atoms in total. The van der Waals surface area contributed by atoms with Gasteiger partial charge in [0.1, 0.15) is 5.75 Å². The van der Waals surface area contributed by atoms with Crippen LogP contribution in [0.25, 0.3) is 33.1 Å². The van der Waals surface area contributed by atoms with Crippen molar-refractivity contribution in [1.82, 2.24) is 9.97 Å². The summed E-state index contributed by atoms with van der Waals surface area (Å²) >= 11 is 0. The van der Waals surface area contributed by atoms with Crippen LogP contribution in [-0.2, 0) is 0 Å². The quantitative estimate of drug-likeness (QED) is 0.510. The largest absolute Gasteiger partial charge is 0.497 e. The minimum Gasteiger partial charge on any atom is -0.497 e. The summed E-state index contributed by atoms with van der Waals surface area (Å²) in [7, 11) is 1.67. The summed E-state index contributed by atoms with van der Waals surface area (Å²) in [6.07, 6.45) is 1.88. The Bertz CT molecular complexity index is 965. The molecule has 0 saturated carbocycles. The number of pyridine rings is 2. The summed E-state index contributed by atoms with van der Waals surface area (Å²) in [6.45, 7) is 0. The minimum absolute atomic E-state index is 0.836. The number of benzene rings is 2. The van der Waals surface area contributed by atoms with Crippen LogP contribution >= 0.6 is 0 Å². The first-order chi connectivity index (χ1) is 10.8. The van der Waals surface area contributed by atoms with E-state index < -0.39 is 0 Å². The van der Waals surface area contributed by atoms with Crippen molar-refractivity contribution >= 4 is 21.8 Å². The fourth-order valence-electron chi connectivity index (χ4n) is 2.60. The molecule has 4 aromatic rings. The van der Waals surface area contributed by atoms with E-state index >= 15 is 0 Å². The first kappa shape index (κ1) is 12.8. The minimum atomic E-state index is 0.836. The van der Waals surface area contributed by atoms with Gasteiger partial charge in [-0.25, -0.2) is 4.98 Å². The van der Waals surface area contributed by atoms with Crippen molar-refractivity contribution in [3.8, 4) is 17.0 Å². The first-order valence-corrected chi connectivity index (χ1v) is 7.13. The Morgan fingerprint density at radius 1 is 0.818 bits per heavy atom. The van der Waals surface area contributed by atoms with Gasteiger partial charge in [0.05, 0.1) is 23.8 Å². The predicted octanol–water partition coefficient (Wildman–Crippen LogP) is 4.46. The molecule has 0 unspecified atom stereocenters. The molecule has 0 aliphatic heterocycles. The number of nitrogens with zero attached hydrogens (tertiary/aromatic N) is 2. The summed E-state index contributed by atoms with van der Waals surface area (Å²) in [5, 5.41) is 2.08. The molecule has 0 saturated heterocycles. The lowest BCUT2D eigenvalue weighted by Gasteiger charge is -2.06. The molecule has 0 N–H and O–H groups in total. The van der Waals surface area contributed by atoms with Crippen LogP contribution in [0.2, 0.25) is 0 Å². The molecule has 0 bridgehead atoms. The number of aromatic nitrogens is 2. The van der Waals surface area contributed by atoms with E-state index in [2.05, 4.69) is 23.2 Å². The molecule has 106 valence electrons. The zero-order valence-corrected chi connectivity index (χ0v) is 12.2. The van der Waals surface area contributed by atoms with E-state index in [1.165, 1.54) is 0 Å². The van der Waals surface area contributed by atoms with Crippen molar-refractivity contribution in [3.05, 3.63) is 66.9 Å². The van der Waals surface area contributed by atoms with Crippen LogP contribution in [0.3, 0.4) is 0 Å². The normalized spacial score (nSPS) is 11.0. The van der Waals surface area contributed by atoms with Gasteiger partial charge in [0.25, 0.3) is 0 Å². The summed E-state index contributed by atoms with van der Waals surface area (Å²) in [6, 6.07) is 20.2. The molecular formula is C19H14N2O. The van der Waals surface area contributed by atoms with Crippen molar-refractivity contribution < 1.29 is 4.74 Å². The SMILES string of the molecule is COc1ccc2nc3cc(-c4ccccc4)ncc3cc2c1. The number of methoxy groups -OCH3 is 1. The molecule has 0 aliphatic rings. The van der Waals surface area contributed by atoms with Crippen molar-refractivity contribution in [1.29, 1.82) is 0 Å². The number of ether oxygens (including phenoxy) is 1. The Kier molecular flexibility index (Phi) is 2.97. The highest BCUT2D eigenvalue weighted by Gasteiger charge is 2.05. The van der Waals surface area contributed by atoms with Gasteiger partial charge >= 0.3 is 0 Å². The molecule has 2 heterocycles. The van der Waals surface area contributed by atoms with E-state index in [1.54, 1.807) is 7.11 Å². The summed E-state index contributed by atoms with van der Waals surface area (Å²) in [5.74, 6) is 0.836. The van der Waals surface area contributed by atoms with Gasteiger partial charge in [-0.05, 0) is 30.3 Å². The average molecular weight is 286 g/mol. The maximum absolute atomic E-state index is 5.27. The standard InChI is InChI=1S/C19H14N2O/c1-22-16-7-8-17-14(10-16)9-15-12-20-18(11-19(15)21-17)13-5-3-2-4-6-13/h2-12H,1H3. The third kappa shape index (κ3) is 2.17. The van der Waals surface area contributed by atoms with Gasteiger partial charge in [-0.3, -0.25) is 4.98 Å². The van der Waals surface area contributed by atoms with Gasteiger partial charge < -0.3 is 4.74 Å². The second-order valence-electron chi connectivity index (χ2n) is 5.18. The van der Waals surface area contributed by atoms with E-state index in [9.17, 15) is 0 Å². The van der Waals surface area contributed by atoms with E-state index in [4.69, 9.17) is 9.72 Å². The molecule has 4 rings (SSSR count). The fourth-order valence-corrected chi connectivity index (χ4v) is 2.60. The lowest BCUT2D eigenvalue weighted by molar-refractivity contribution is 0.415. The molecule has 0 amide bonds. The summed E-state index contributed by atoms with van der Waals surface area (Å²) < 4.78 is 5.27. The third-order valence-corrected chi connectivity index (χ3v) is 3.77. The van der Waals surface area contributed by atoms with Gasteiger partial charge in [0, 0.05) is 22.5 Å². The lowest BCUT2D eigenvalue weighted by atomic mass is 10.1. The highest BCUT2D eigenvalue weighted by molar-refractivity contribution is 5.94. The van der Waals surface area contributed by atoms with Gasteiger partial charge in [0.15, 0.2) is 0 Å². The smallest absolute Gasteiger partial charge is 0.119 e. The maximum atomic E-state index is 5.27. The lowest BCUT2D eigenvalue weighted by Crippen LogP contribution is -1.88. The molecular weight excluding hydrogens is 272 g/mol. The number of hydrogen-bond donors (Lipinski definition) is 0. The molecule has 0 atom stereocenters. The molecule has 3 heteroatoms. The van der Waals surface area contributed by atoms with Gasteiger partial charge in [-0.1, -0.05) is 30.3 Å². The zero-order chi connectivity index (χ0) is 14.9. The van der Waals surface area contributed by atoms with Crippen LogP contribution in [0, 0.1) is 0 Å². The Labute approximate surface area is 128 Å². The van der Waals surface area contributed by atoms with Crippen LogP contribution in [0.1, 0.15) is 0 Å². The maximum Gasteiger partial charge on any atom is 0.119 e. The predicted molar refractivity (Wildman–Crippen MR) is 89.0 cm³/mol. The second kappa shape index (κ2) is 5.11. The molecule has 0 radical (unpaired) electrons. The van der Waals surface area contributed by atoms with Crippen molar-refractivity contribution in [2.75, 3.05) is 7.11 Å². The van der Waals surface area contributed by atoms with Crippen LogP contribution < -0.4 is 4.74 Å². The molecule has 2 aromatic heterocycles. The summed E-state index contributed by atoms with van der Waals surface area (Å²) in [4.78, 5) is 9.30. The monoisotopic (exact) mass is 286 g/mol. The zero-order valence-electron chi connectivity index (χ0n) is 12.2. The fraction of sp³-hybridized carbons (Fsp3) is 0.0526. The first-order valence-electron chi connectivity index (χ1n) is 7.13. The summed E-state index contributed by atoms with van der Waals surface area (Å²) in [5.41, 5.74) is 3.94. The van der Waals surface area contributed by atoms with Crippen molar-refractivity contribution in [2.24, 2.45) is 0 Å². The van der Waals surface area contributed by atoms with Crippen molar-refractivity contribution in [3.63, 3.8) is 0 Å². The Morgan fingerprint density at radius 3 is 2.50 bits per heavy atom. The molecule has 0 fully saturated rings. The van der Waals surface area contributed by atoms with Gasteiger partial charge in [-0.2, -0.15) is 0 Å². The second-order valence-corrected chi connectivity index (χ2v) is 5.18.